The van der Waals surface area contributed by atoms with Crippen LogP contribution in [0, 0.1) is 0 Å². The second-order valence-corrected chi connectivity index (χ2v) is 5.36. The van der Waals surface area contributed by atoms with Crippen molar-refractivity contribution in [2.45, 2.75) is 39.2 Å². The Balaban J connectivity index is 2.80. The van der Waals surface area contributed by atoms with Gasteiger partial charge in [0.15, 0.2) is 0 Å². The van der Waals surface area contributed by atoms with E-state index in [1.807, 2.05) is 12.1 Å². The van der Waals surface area contributed by atoms with Gasteiger partial charge in [0.1, 0.15) is 6.04 Å². The average molecular weight is 249 g/mol. The van der Waals surface area contributed by atoms with Gasteiger partial charge in [-0.15, -0.1) is 0 Å². The lowest BCUT2D eigenvalue weighted by Crippen LogP contribution is -2.38. The fourth-order valence-electron chi connectivity index (χ4n) is 1.46. The minimum absolute atomic E-state index is 0.0311. The fourth-order valence-corrected chi connectivity index (χ4v) is 1.46. The summed E-state index contributed by atoms with van der Waals surface area (Å²) in [5.74, 6) is -1.42. The molecule has 0 spiro atoms. The lowest BCUT2D eigenvalue weighted by molar-refractivity contribution is -0.138. The molecule has 0 aliphatic heterocycles. The van der Waals surface area contributed by atoms with Gasteiger partial charge in [-0.3, -0.25) is 9.59 Å². The summed E-state index contributed by atoms with van der Waals surface area (Å²) in [4.78, 5) is 22.4. The molecule has 4 nitrogen and oxygen atoms in total. The second kappa shape index (κ2) is 5.21. The van der Waals surface area contributed by atoms with Gasteiger partial charge in [0, 0.05) is 5.56 Å². The van der Waals surface area contributed by atoms with Crippen molar-refractivity contribution in [2.75, 3.05) is 0 Å². The Kier molecular flexibility index (Phi) is 4.11. The van der Waals surface area contributed by atoms with Crippen LogP contribution in [0.4, 0.5) is 0 Å². The van der Waals surface area contributed by atoms with E-state index in [-0.39, 0.29) is 11.3 Å². The number of nitrogens with one attached hydrogen (secondary N) is 1. The quantitative estimate of drug-likeness (QED) is 0.863. The molecule has 0 heterocycles. The molecule has 0 aromatic heterocycles. The molecule has 0 saturated carbocycles. The van der Waals surface area contributed by atoms with Crippen LogP contribution in [0.15, 0.2) is 24.3 Å². The Labute approximate surface area is 107 Å². The van der Waals surface area contributed by atoms with Gasteiger partial charge in [0.25, 0.3) is 5.91 Å². The Morgan fingerprint density at radius 2 is 1.67 bits per heavy atom. The number of carboxylic acid groups (broad SMARTS) is 1. The third kappa shape index (κ3) is 3.58. The number of carbonyl (C=O) groups excluding carboxylic acids is 1. The zero-order chi connectivity index (χ0) is 13.9. The van der Waals surface area contributed by atoms with Crippen LogP contribution in [0.5, 0.6) is 0 Å². The SMILES string of the molecule is C[C@H](NC(=O)c1ccc(C(C)(C)C)cc1)C(=O)O. The molecule has 0 fully saturated rings. The average Bonchev–Trinajstić information content (AvgIpc) is 2.27. The molecular weight excluding hydrogens is 230 g/mol. The highest BCUT2D eigenvalue weighted by Gasteiger charge is 2.17. The van der Waals surface area contributed by atoms with Gasteiger partial charge in [-0.1, -0.05) is 32.9 Å². The van der Waals surface area contributed by atoms with E-state index >= 15 is 0 Å². The first-order valence-electron chi connectivity index (χ1n) is 5.86. The smallest absolute Gasteiger partial charge is 0.325 e. The summed E-state index contributed by atoms with van der Waals surface area (Å²) in [5.41, 5.74) is 1.63. The Morgan fingerprint density at radius 3 is 2.06 bits per heavy atom. The number of hydrogen-bond donors (Lipinski definition) is 2. The molecule has 1 rings (SSSR count). The molecule has 2 N–H and O–H groups in total. The zero-order valence-electron chi connectivity index (χ0n) is 11.2. The van der Waals surface area contributed by atoms with Gasteiger partial charge in [-0.25, -0.2) is 0 Å². The molecule has 4 heteroatoms. The maximum atomic E-state index is 11.7. The van der Waals surface area contributed by atoms with Crippen molar-refractivity contribution < 1.29 is 14.7 Å². The van der Waals surface area contributed by atoms with E-state index in [2.05, 4.69) is 26.1 Å². The summed E-state index contributed by atoms with van der Waals surface area (Å²) < 4.78 is 0. The largest absolute Gasteiger partial charge is 0.480 e. The Bertz CT molecular complexity index is 443. The van der Waals surface area contributed by atoms with Crippen LogP contribution in [0.2, 0.25) is 0 Å². The molecule has 0 bridgehead atoms. The van der Waals surface area contributed by atoms with Crippen LogP contribution in [-0.2, 0) is 10.2 Å². The number of hydrogen-bond acceptors (Lipinski definition) is 2. The van der Waals surface area contributed by atoms with Crippen LogP contribution in [0.3, 0.4) is 0 Å². The van der Waals surface area contributed by atoms with Gasteiger partial charge in [0.05, 0.1) is 0 Å². The molecule has 0 radical (unpaired) electrons. The van der Waals surface area contributed by atoms with E-state index in [1.165, 1.54) is 6.92 Å². The predicted octanol–water partition coefficient (Wildman–Crippen LogP) is 2.19. The first-order valence-corrected chi connectivity index (χ1v) is 5.86. The molecule has 0 aliphatic carbocycles. The van der Waals surface area contributed by atoms with Crippen molar-refractivity contribution in [3.05, 3.63) is 35.4 Å². The molecule has 0 saturated heterocycles. The van der Waals surface area contributed by atoms with Crippen molar-refractivity contribution in [3.63, 3.8) is 0 Å². The van der Waals surface area contributed by atoms with Crippen molar-refractivity contribution in [2.24, 2.45) is 0 Å². The molecule has 18 heavy (non-hydrogen) atoms. The Morgan fingerprint density at radius 1 is 1.17 bits per heavy atom. The maximum Gasteiger partial charge on any atom is 0.325 e. The van der Waals surface area contributed by atoms with Gasteiger partial charge >= 0.3 is 5.97 Å². The van der Waals surface area contributed by atoms with Crippen LogP contribution >= 0.6 is 0 Å². The van der Waals surface area contributed by atoms with Crippen molar-refractivity contribution in [1.29, 1.82) is 0 Å². The van der Waals surface area contributed by atoms with Crippen molar-refractivity contribution in [1.82, 2.24) is 5.32 Å². The first-order chi connectivity index (χ1) is 8.21. The van der Waals surface area contributed by atoms with E-state index in [0.717, 1.165) is 5.56 Å². The molecule has 1 amide bonds. The highest BCUT2D eigenvalue weighted by molar-refractivity contribution is 5.96. The molecule has 98 valence electrons. The van der Waals surface area contributed by atoms with Crippen LogP contribution in [-0.4, -0.2) is 23.0 Å². The third-order valence-corrected chi connectivity index (χ3v) is 2.73. The molecule has 0 unspecified atom stereocenters. The maximum absolute atomic E-state index is 11.7. The molecule has 1 aromatic carbocycles. The second-order valence-electron chi connectivity index (χ2n) is 5.36. The monoisotopic (exact) mass is 249 g/mol. The van der Waals surface area contributed by atoms with Crippen molar-refractivity contribution >= 4 is 11.9 Å². The third-order valence-electron chi connectivity index (χ3n) is 2.73. The highest BCUT2D eigenvalue weighted by atomic mass is 16.4. The topological polar surface area (TPSA) is 66.4 Å². The zero-order valence-corrected chi connectivity index (χ0v) is 11.2. The van der Waals surface area contributed by atoms with Gasteiger partial charge in [0.2, 0.25) is 0 Å². The number of amides is 1. The first kappa shape index (κ1) is 14.2. The standard InChI is InChI=1S/C14H19NO3/c1-9(13(17)18)15-12(16)10-5-7-11(8-6-10)14(2,3)4/h5-9H,1-4H3,(H,15,16)(H,17,18)/t9-/m0/s1. The predicted molar refractivity (Wildman–Crippen MR) is 69.7 cm³/mol. The number of benzene rings is 1. The molecular formula is C14H19NO3. The van der Waals surface area contributed by atoms with E-state index in [4.69, 9.17) is 5.11 Å². The molecule has 0 aliphatic rings. The summed E-state index contributed by atoms with van der Waals surface area (Å²) in [7, 11) is 0. The summed E-state index contributed by atoms with van der Waals surface area (Å²) >= 11 is 0. The summed E-state index contributed by atoms with van der Waals surface area (Å²) in [6.45, 7) is 7.71. The lowest BCUT2D eigenvalue weighted by atomic mass is 9.86. The fraction of sp³-hybridized carbons (Fsp3) is 0.429. The normalized spacial score (nSPS) is 12.9. The minimum atomic E-state index is -1.05. The number of carboxylic acids is 1. The number of aliphatic carboxylic acids is 1. The van der Waals surface area contributed by atoms with E-state index in [0.29, 0.717) is 5.56 Å². The van der Waals surface area contributed by atoms with Crippen LogP contribution < -0.4 is 5.32 Å². The lowest BCUT2D eigenvalue weighted by Gasteiger charge is -2.19. The number of rotatable bonds is 3. The van der Waals surface area contributed by atoms with E-state index in [1.54, 1.807) is 12.1 Å². The summed E-state index contributed by atoms with van der Waals surface area (Å²) in [6, 6.07) is 6.31. The molecule has 1 atom stereocenters. The summed E-state index contributed by atoms with van der Waals surface area (Å²) in [6.07, 6.45) is 0. The molecule has 1 aromatic rings. The van der Waals surface area contributed by atoms with E-state index in [9.17, 15) is 9.59 Å². The van der Waals surface area contributed by atoms with Gasteiger partial charge < -0.3 is 10.4 Å². The van der Waals surface area contributed by atoms with E-state index < -0.39 is 12.0 Å². The number of carbonyl (C=O) groups is 2. The summed E-state index contributed by atoms with van der Waals surface area (Å²) in [5, 5.41) is 11.1. The van der Waals surface area contributed by atoms with Crippen molar-refractivity contribution in [3.8, 4) is 0 Å². The minimum Gasteiger partial charge on any atom is -0.480 e. The van der Waals surface area contributed by atoms with Gasteiger partial charge in [-0.2, -0.15) is 0 Å². The van der Waals surface area contributed by atoms with Crippen LogP contribution in [0.1, 0.15) is 43.6 Å². The Hall–Kier alpha value is -1.84. The van der Waals surface area contributed by atoms with Crippen LogP contribution in [0.25, 0.3) is 0 Å². The van der Waals surface area contributed by atoms with Gasteiger partial charge in [-0.05, 0) is 30.0 Å². The highest BCUT2D eigenvalue weighted by Crippen LogP contribution is 2.22.